The standard InChI is InChI=1S/C9H12N2O2/c1-13-9(12)8-10-5-6-11(8)7-3-2-4-7/h5-7H,2-4H2,1H3. The molecule has 1 fully saturated rings. The highest BCUT2D eigenvalue weighted by atomic mass is 16.5. The Hall–Kier alpha value is -1.32. The Labute approximate surface area is 76.5 Å². The van der Waals surface area contributed by atoms with Crippen LogP contribution in [-0.4, -0.2) is 22.6 Å². The van der Waals surface area contributed by atoms with Crippen molar-refractivity contribution in [2.45, 2.75) is 25.3 Å². The molecule has 0 bridgehead atoms. The van der Waals surface area contributed by atoms with E-state index in [1.54, 1.807) is 6.20 Å². The zero-order valence-electron chi connectivity index (χ0n) is 7.56. The maximum atomic E-state index is 11.2. The molecule has 0 spiro atoms. The molecule has 0 saturated heterocycles. The third kappa shape index (κ3) is 1.32. The van der Waals surface area contributed by atoms with Gasteiger partial charge in [-0.3, -0.25) is 0 Å². The first-order chi connectivity index (χ1) is 6.33. The number of carbonyl (C=O) groups excluding carboxylic acids is 1. The Morgan fingerprint density at radius 3 is 3.00 bits per heavy atom. The molecule has 1 aliphatic rings. The molecule has 1 saturated carbocycles. The lowest BCUT2D eigenvalue weighted by Crippen LogP contribution is -2.21. The van der Waals surface area contributed by atoms with Crippen LogP contribution in [-0.2, 0) is 4.74 Å². The number of nitrogens with zero attached hydrogens (tertiary/aromatic N) is 2. The van der Waals surface area contributed by atoms with Crippen LogP contribution in [0.4, 0.5) is 0 Å². The zero-order valence-corrected chi connectivity index (χ0v) is 7.56. The van der Waals surface area contributed by atoms with Crippen molar-refractivity contribution in [3.05, 3.63) is 18.2 Å². The van der Waals surface area contributed by atoms with Gasteiger partial charge in [-0.1, -0.05) is 0 Å². The Morgan fingerprint density at radius 1 is 1.69 bits per heavy atom. The first kappa shape index (κ1) is 8.29. The third-order valence-corrected chi connectivity index (χ3v) is 2.50. The quantitative estimate of drug-likeness (QED) is 0.646. The van der Waals surface area contributed by atoms with E-state index < -0.39 is 0 Å². The van der Waals surface area contributed by atoms with Crippen molar-refractivity contribution in [1.29, 1.82) is 0 Å². The van der Waals surface area contributed by atoms with Crippen LogP contribution < -0.4 is 0 Å². The van der Waals surface area contributed by atoms with Gasteiger partial charge in [-0.05, 0) is 19.3 Å². The summed E-state index contributed by atoms with van der Waals surface area (Å²) in [6, 6.07) is 0.455. The topological polar surface area (TPSA) is 44.1 Å². The van der Waals surface area contributed by atoms with Crippen molar-refractivity contribution in [1.82, 2.24) is 9.55 Å². The van der Waals surface area contributed by atoms with Gasteiger partial charge in [0, 0.05) is 18.4 Å². The van der Waals surface area contributed by atoms with Crippen molar-refractivity contribution < 1.29 is 9.53 Å². The van der Waals surface area contributed by atoms with Crippen LogP contribution in [0.25, 0.3) is 0 Å². The maximum Gasteiger partial charge on any atom is 0.374 e. The fourth-order valence-electron chi connectivity index (χ4n) is 1.52. The summed E-state index contributed by atoms with van der Waals surface area (Å²) in [7, 11) is 1.38. The summed E-state index contributed by atoms with van der Waals surface area (Å²) in [4.78, 5) is 15.2. The minimum absolute atomic E-state index is 0.350. The molecule has 1 heterocycles. The zero-order chi connectivity index (χ0) is 9.26. The first-order valence-corrected chi connectivity index (χ1v) is 4.44. The van der Waals surface area contributed by atoms with Gasteiger partial charge in [-0.2, -0.15) is 0 Å². The van der Waals surface area contributed by atoms with E-state index in [9.17, 15) is 4.79 Å². The van der Waals surface area contributed by atoms with E-state index in [-0.39, 0.29) is 5.97 Å². The number of ether oxygens (including phenoxy) is 1. The minimum atomic E-state index is -0.350. The van der Waals surface area contributed by atoms with E-state index in [0.29, 0.717) is 11.9 Å². The number of hydrogen-bond donors (Lipinski definition) is 0. The van der Waals surface area contributed by atoms with Crippen LogP contribution in [0.1, 0.15) is 35.9 Å². The molecule has 0 radical (unpaired) electrons. The molecule has 70 valence electrons. The van der Waals surface area contributed by atoms with E-state index in [4.69, 9.17) is 0 Å². The van der Waals surface area contributed by atoms with Gasteiger partial charge in [0.2, 0.25) is 5.82 Å². The Balaban J connectivity index is 2.24. The fraction of sp³-hybridized carbons (Fsp3) is 0.556. The van der Waals surface area contributed by atoms with E-state index in [1.165, 1.54) is 13.5 Å². The fourth-order valence-corrected chi connectivity index (χ4v) is 1.52. The smallest absolute Gasteiger partial charge is 0.374 e. The van der Waals surface area contributed by atoms with Crippen LogP contribution in [0.5, 0.6) is 0 Å². The Morgan fingerprint density at radius 2 is 2.46 bits per heavy atom. The summed E-state index contributed by atoms with van der Waals surface area (Å²) >= 11 is 0. The number of imidazole rings is 1. The van der Waals surface area contributed by atoms with Gasteiger partial charge in [0.05, 0.1) is 7.11 Å². The Bertz CT molecular complexity index is 315. The number of rotatable bonds is 2. The molecule has 1 aromatic rings. The average molecular weight is 180 g/mol. The summed E-state index contributed by atoms with van der Waals surface area (Å²) < 4.78 is 6.54. The molecule has 4 nitrogen and oxygen atoms in total. The summed E-state index contributed by atoms with van der Waals surface area (Å²) in [5, 5.41) is 0. The number of aromatic nitrogens is 2. The SMILES string of the molecule is COC(=O)c1nccn1C1CCC1. The summed E-state index contributed by atoms with van der Waals surface area (Å²) in [6.07, 6.45) is 7.00. The molecule has 1 aliphatic carbocycles. The minimum Gasteiger partial charge on any atom is -0.463 e. The van der Waals surface area contributed by atoms with Crippen LogP contribution in [0.15, 0.2) is 12.4 Å². The number of esters is 1. The lowest BCUT2D eigenvalue weighted by Gasteiger charge is -2.27. The molecule has 0 aromatic carbocycles. The van der Waals surface area contributed by atoms with Gasteiger partial charge in [0.25, 0.3) is 0 Å². The van der Waals surface area contributed by atoms with Crippen LogP contribution >= 0.6 is 0 Å². The van der Waals surface area contributed by atoms with Gasteiger partial charge >= 0.3 is 5.97 Å². The van der Waals surface area contributed by atoms with E-state index in [1.807, 2.05) is 10.8 Å². The molecular formula is C9H12N2O2. The largest absolute Gasteiger partial charge is 0.463 e. The highest BCUT2D eigenvalue weighted by Gasteiger charge is 2.24. The Kier molecular flexibility index (Phi) is 2.04. The van der Waals surface area contributed by atoms with Crippen molar-refractivity contribution in [3.8, 4) is 0 Å². The van der Waals surface area contributed by atoms with Crippen molar-refractivity contribution in [2.75, 3.05) is 7.11 Å². The van der Waals surface area contributed by atoms with Gasteiger partial charge in [-0.25, -0.2) is 9.78 Å². The number of hydrogen-bond acceptors (Lipinski definition) is 3. The molecule has 0 amide bonds. The lowest BCUT2D eigenvalue weighted by molar-refractivity contribution is 0.0574. The summed E-state index contributed by atoms with van der Waals surface area (Å²) in [6.45, 7) is 0. The molecular weight excluding hydrogens is 168 g/mol. The highest BCUT2D eigenvalue weighted by molar-refractivity contribution is 5.85. The normalized spacial score (nSPS) is 16.7. The van der Waals surface area contributed by atoms with Crippen LogP contribution in [0, 0.1) is 0 Å². The van der Waals surface area contributed by atoms with Crippen molar-refractivity contribution >= 4 is 5.97 Å². The van der Waals surface area contributed by atoms with Gasteiger partial charge in [0.1, 0.15) is 0 Å². The molecule has 13 heavy (non-hydrogen) atoms. The summed E-state index contributed by atoms with van der Waals surface area (Å²) in [5.41, 5.74) is 0. The lowest BCUT2D eigenvalue weighted by atomic mass is 9.93. The molecule has 0 N–H and O–H groups in total. The number of carbonyl (C=O) groups is 1. The van der Waals surface area contributed by atoms with Crippen molar-refractivity contribution in [3.63, 3.8) is 0 Å². The second-order valence-corrected chi connectivity index (χ2v) is 3.23. The molecule has 0 aliphatic heterocycles. The molecule has 1 aromatic heterocycles. The summed E-state index contributed by atoms with van der Waals surface area (Å²) in [5.74, 6) is 0.0732. The molecule has 2 rings (SSSR count). The monoisotopic (exact) mass is 180 g/mol. The average Bonchev–Trinajstić information content (AvgIpc) is 2.49. The first-order valence-electron chi connectivity index (χ1n) is 4.44. The predicted molar refractivity (Wildman–Crippen MR) is 46.5 cm³/mol. The second kappa shape index (κ2) is 3.20. The van der Waals surface area contributed by atoms with E-state index >= 15 is 0 Å². The van der Waals surface area contributed by atoms with Gasteiger partial charge < -0.3 is 9.30 Å². The van der Waals surface area contributed by atoms with Crippen LogP contribution in [0.3, 0.4) is 0 Å². The number of methoxy groups -OCH3 is 1. The van der Waals surface area contributed by atoms with Crippen molar-refractivity contribution in [2.24, 2.45) is 0 Å². The van der Waals surface area contributed by atoms with E-state index in [0.717, 1.165) is 12.8 Å². The highest BCUT2D eigenvalue weighted by Crippen LogP contribution is 2.32. The third-order valence-electron chi connectivity index (χ3n) is 2.50. The van der Waals surface area contributed by atoms with Gasteiger partial charge in [-0.15, -0.1) is 0 Å². The molecule has 0 atom stereocenters. The second-order valence-electron chi connectivity index (χ2n) is 3.23. The molecule has 4 heteroatoms. The van der Waals surface area contributed by atoms with Gasteiger partial charge in [0.15, 0.2) is 0 Å². The predicted octanol–water partition coefficient (Wildman–Crippen LogP) is 1.39. The maximum absolute atomic E-state index is 11.2. The van der Waals surface area contributed by atoms with Crippen LogP contribution in [0.2, 0.25) is 0 Å². The molecule has 0 unspecified atom stereocenters. The van der Waals surface area contributed by atoms with E-state index in [2.05, 4.69) is 9.72 Å².